The number of nitrogens with zero attached hydrogens (tertiary/aromatic N) is 2. The van der Waals surface area contributed by atoms with Gasteiger partial charge in [0.2, 0.25) is 0 Å². The van der Waals surface area contributed by atoms with Crippen LogP contribution in [0.15, 0.2) is 113 Å². The van der Waals surface area contributed by atoms with Crippen LogP contribution in [0.3, 0.4) is 0 Å². The summed E-state index contributed by atoms with van der Waals surface area (Å²) in [6, 6.07) is 36.2. The topological polar surface area (TPSA) is 24.7 Å². The van der Waals surface area contributed by atoms with Crippen molar-refractivity contribution in [1.82, 2.24) is 0 Å². The van der Waals surface area contributed by atoms with E-state index in [2.05, 4.69) is 110 Å². The number of aliphatic imine (C=N–C) groups is 2. The van der Waals surface area contributed by atoms with E-state index in [9.17, 15) is 0 Å². The normalized spacial score (nSPS) is 11.7. The zero-order valence-corrected chi connectivity index (χ0v) is 18.1. The third-order valence-corrected chi connectivity index (χ3v) is 5.89. The molecule has 0 fully saturated rings. The van der Waals surface area contributed by atoms with Gasteiger partial charge in [0, 0.05) is 23.1 Å². The summed E-state index contributed by atoms with van der Waals surface area (Å²) in [4.78, 5) is 9.26. The van der Waals surface area contributed by atoms with Crippen LogP contribution in [0.1, 0.15) is 18.1 Å². The van der Waals surface area contributed by atoms with E-state index in [0.717, 1.165) is 33.3 Å². The van der Waals surface area contributed by atoms with Crippen LogP contribution in [-0.2, 0) is 0 Å². The van der Waals surface area contributed by atoms with E-state index in [1.165, 1.54) is 21.9 Å². The lowest BCUT2D eigenvalue weighted by Crippen LogP contribution is -2.05. The molecule has 0 aliphatic heterocycles. The fraction of sp³-hybridized carbons (Fsp3) is 0.0667. The van der Waals surface area contributed by atoms with E-state index in [-0.39, 0.29) is 0 Å². The lowest BCUT2D eigenvalue weighted by atomic mass is 9.94. The Hall–Kier alpha value is -4.04. The molecule has 154 valence electrons. The molecule has 0 radical (unpaired) electrons. The standard InChI is InChI=1S/C30H24N2/c1-3-32-29(28-20-19-22-10-5-7-13-27(22)30(28)31-2)24-17-15-23(16-18-24)26-14-8-11-21-9-4-6-12-25(21)26/h4-20H,2-3H2,1H3. The van der Waals surface area contributed by atoms with Gasteiger partial charge < -0.3 is 0 Å². The summed E-state index contributed by atoms with van der Waals surface area (Å²) < 4.78 is 0. The molecule has 0 saturated carbocycles. The number of rotatable bonds is 5. The molecule has 0 amide bonds. The molecule has 0 bridgehead atoms. The fourth-order valence-corrected chi connectivity index (χ4v) is 4.39. The summed E-state index contributed by atoms with van der Waals surface area (Å²) in [5, 5.41) is 4.76. The third-order valence-electron chi connectivity index (χ3n) is 5.89. The SMILES string of the molecule is C=Nc1c(C(=NCC)c2ccc(-c3cccc4ccccc34)cc2)ccc2ccccc12. The minimum atomic E-state index is 0.698. The van der Waals surface area contributed by atoms with Crippen LogP contribution in [0.4, 0.5) is 5.69 Å². The Labute approximate surface area is 188 Å². The summed E-state index contributed by atoms with van der Waals surface area (Å²) in [6.07, 6.45) is 0. The maximum atomic E-state index is 4.86. The van der Waals surface area contributed by atoms with Gasteiger partial charge in [-0.3, -0.25) is 9.98 Å². The zero-order chi connectivity index (χ0) is 21.9. The van der Waals surface area contributed by atoms with E-state index in [0.29, 0.717) is 6.54 Å². The predicted molar refractivity (Wildman–Crippen MR) is 139 cm³/mol. The average molecular weight is 413 g/mol. The van der Waals surface area contributed by atoms with E-state index >= 15 is 0 Å². The van der Waals surface area contributed by atoms with Crippen LogP contribution in [0.2, 0.25) is 0 Å². The molecule has 2 heteroatoms. The van der Waals surface area contributed by atoms with Crippen molar-refractivity contribution in [2.45, 2.75) is 6.92 Å². The molecule has 0 aromatic heterocycles. The van der Waals surface area contributed by atoms with E-state index in [1.807, 2.05) is 12.1 Å². The van der Waals surface area contributed by atoms with Gasteiger partial charge in [-0.25, -0.2) is 0 Å². The minimum absolute atomic E-state index is 0.698. The first kappa shape index (κ1) is 19.9. The first-order chi connectivity index (χ1) is 15.8. The van der Waals surface area contributed by atoms with Crippen molar-refractivity contribution in [1.29, 1.82) is 0 Å². The highest BCUT2D eigenvalue weighted by atomic mass is 14.8. The molecular weight excluding hydrogens is 388 g/mol. The largest absolute Gasteiger partial charge is 0.284 e. The molecule has 0 spiro atoms. The van der Waals surface area contributed by atoms with Crippen molar-refractivity contribution in [3.63, 3.8) is 0 Å². The van der Waals surface area contributed by atoms with Gasteiger partial charge in [0.1, 0.15) is 0 Å². The molecule has 0 saturated heterocycles. The average Bonchev–Trinajstić information content (AvgIpc) is 2.86. The van der Waals surface area contributed by atoms with Crippen LogP contribution in [0, 0.1) is 0 Å². The van der Waals surface area contributed by atoms with Gasteiger partial charge >= 0.3 is 0 Å². The number of benzene rings is 5. The second kappa shape index (κ2) is 8.60. The maximum Gasteiger partial charge on any atom is 0.0794 e. The molecule has 0 atom stereocenters. The summed E-state index contributed by atoms with van der Waals surface area (Å²) >= 11 is 0. The van der Waals surface area contributed by atoms with Gasteiger partial charge in [0.05, 0.1) is 11.4 Å². The summed E-state index contributed by atoms with van der Waals surface area (Å²) in [5.41, 5.74) is 6.36. The van der Waals surface area contributed by atoms with Crippen molar-refractivity contribution in [3.05, 3.63) is 114 Å². The monoisotopic (exact) mass is 412 g/mol. The summed E-state index contributed by atoms with van der Waals surface area (Å²) in [6.45, 7) is 6.62. The van der Waals surface area contributed by atoms with Crippen LogP contribution in [0.25, 0.3) is 32.7 Å². The quantitative estimate of drug-likeness (QED) is 0.263. The second-order valence-electron chi connectivity index (χ2n) is 7.77. The zero-order valence-electron chi connectivity index (χ0n) is 18.1. The van der Waals surface area contributed by atoms with Gasteiger partial charge in [0.25, 0.3) is 0 Å². The Morgan fingerprint density at radius 1 is 0.688 bits per heavy atom. The smallest absolute Gasteiger partial charge is 0.0794 e. The Balaban J connectivity index is 1.61. The fourth-order valence-electron chi connectivity index (χ4n) is 4.39. The van der Waals surface area contributed by atoms with E-state index in [1.54, 1.807) is 0 Å². The lowest BCUT2D eigenvalue weighted by molar-refractivity contribution is 1.13. The number of hydrogen-bond acceptors (Lipinski definition) is 2. The van der Waals surface area contributed by atoms with Gasteiger partial charge in [-0.15, -0.1) is 0 Å². The van der Waals surface area contributed by atoms with Crippen molar-refractivity contribution in [2.75, 3.05) is 6.54 Å². The van der Waals surface area contributed by atoms with E-state index in [4.69, 9.17) is 4.99 Å². The Morgan fingerprint density at radius 3 is 2.06 bits per heavy atom. The molecular formula is C30H24N2. The first-order valence-electron chi connectivity index (χ1n) is 10.9. The second-order valence-corrected chi connectivity index (χ2v) is 7.77. The number of hydrogen-bond donors (Lipinski definition) is 0. The van der Waals surface area contributed by atoms with Crippen molar-refractivity contribution in [2.24, 2.45) is 9.98 Å². The first-order valence-corrected chi connectivity index (χ1v) is 10.9. The minimum Gasteiger partial charge on any atom is -0.284 e. The molecule has 5 aromatic carbocycles. The molecule has 0 aliphatic rings. The van der Waals surface area contributed by atoms with Crippen molar-refractivity contribution >= 4 is 39.7 Å². The summed E-state index contributed by atoms with van der Waals surface area (Å²) in [5.74, 6) is 0. The predicted octanol–water partition coefficient (Wildman–Crippen LogP) is 7.85. The maximum absolute atomic E-state index is 4.86. The van der Waals surface area contributed by atoms with Gasteiger partial charge in [-0.05, 0) is 47.0 Å². The molecule has 0 aliphatic carbocycles. The highest BCUT2D eigenvalue weighted by Gasteiger charge is 2.14. The van der Waals surface area contributed by atoms with E-state index < -0.39 is 0 Å². The number of fused-ring (bicyclic) bond motifs is 2. The molecule has 0 N–H and O–H groups in total. The lowest BCUT2D eigenvalue weighted by Gasteiger charge is -2.13. The van der Waals surface area contributed by atoms with Crippen molar-refractivity contribution < 1.29 is 0 Å². The molecule has 0 unspecified atom stereocenters. The Kier molecular flexibility index (Phi) is 5.35. The molecule has 2 nitrogen and oxygen atoms in total. The van der Waals surface area contributed by atoms with Crippen LogP contribution in [-0.4, -0.2) is 19.0 Å². The van der Waals surface area contributed by atoms with Crippen molar-refractivity contribution in [3.8, 4) is 11.1 Å². The molecule has 32 heavy (non-hydrogen) atoms. The summed E-state index contributed by atoms with van der Waals surface area (Å²) in [7, 11) is 0. The van der Waals surface area contributed by atoms with Crippen LogP contribution in [0.5, 0.6) is 0 Å². The van der Waals surface area contributed by atoms with Gasteiger partial charge in [-0.1, -0.05) is 97.1 Å². The Morgan fingerprint density at radius 2 is 1.34 bits per heavy atom. The van der Waals surface area contributed by atoms with Gasteiger partial charge in [0.15, 0.2) is 0 Å². The Bertz CT molecular complexity index is 1450. The van der Waals surface area contributed by atoms with Crippen LogP contribution >= 0.6 is 0 Å². The molecule has 5 aromatic rings. The van der Waals surface area contributed by atoms with Gasteiger partial charge in [-0.2, -0.15) is 0 Å². The van der Waals surface area contributed by atoms with Crippen LogP contribution < -0.4 is 0 Å². The highest BCUT2D eigenvalue weighted by Crippen LogP contribution is 2.33. The molecule has 5 rings (SSSR count). The molecule has 0 heterocycles. The highest BCUT2D eigenvalue weighted by molar-refractivity contribution is 6.19. The third kappa shape index (κ3) is 3.50.